The molecular formula is C14H12Cl2N2O. The number of nitrogens with zero attached hydrogens (tertiary/aromatic N) is 2. The molecule has 0 fully saturated rings. The van der Waals surface area contributed by atoms with Gasteiger partial charge >= 0.3 is 0 Å². The lowest BCUT2D eigenvalue weighted by molar-refractivity contribution is 0.213. The van der Waals surface area contributed by atoms with Crippen molar-refractivity contribution in [3.05, 3.63) is 63.9 Å². The first kappa shape index (κ1) is 13.8. The fourth-order valence-corrected chi connectivity index (χ4v) is 2.18. The van der Waals surface area contributed by atoms with Crippen LogP contribution in [0.15, 0.2) is 47.8 Å². The van der Waals surface area contributed by atoms with Gasteiger partial charge in [0.2, 0.25) is 0 Å². The van der Waals surface area contributed by atoms with Gasteiger partial charge in [0.1, 0.15) is 12.3 Å². The second kappa shape index (κ2) is 6.55. The summed E-state index contributed by atoms with van der Waals surface area (Å²) in [6.07, 6.45) is 2.03. The normalized spacial score (nSPS) is 11.4. The van der Waals surface area contributed by atoms with Crippen molar-refractivity contribution in [1.29, 1.82) is 0 Å². The number of aromatic nitrogens is 1. The average Bonchev–Trinajstić information content (AvgIpc) is 2.43. The third kappa shape index (κ3) is 3.46. The summed E-state index contributed by atoms with van der Waals surface area (Å²) in [5.41, 5.74) is 2.45. The van der Waals surface area contributed by atoms with Crippen LogP contribution in [0, 0.1) is 0 Å². The van der Waals surface area contributed by atoms with Crippen molar-refractivity contribution in [3.63, 3.8) is 0 Å². The van der Waals surface area contributed by atoms with Crippen LogP contribution >= 0.6 is 23.2 Å². The molecule has 1 heterocycles. The maximum atomic E-state index is 6.14. The summed E-state index contributed by atoms with van der Waals surface area (Å²) in [6.45, 7) is 0. The van der Waals surface area contributed by atoms with Gasteiger partial charge in [0, 0.05) is 23.2 Å². The van der Waals surface area contributed by atoms with Crippen LogP contribution < -0.4 is 0 Å². The van der Waals surface area contributed by atoms with Crippen molar-refractivity contribution in [2.45, 2.75) is 6.42 Å². The van der Waals surface area contributed by atoms with Crippen LogP contribution in [-0.2, 0) is 11.3 Å². The standard InChI is InChI=1S/C14H12Cl2N2O/c1-19-18-13(10-5-3-2-4-6-10)9-11-12(15)7-8-17-14(11)16/h2-8H,9H2,1H3/b18-13-. The highest BCUT2D eigenvalue weighted by Crippen LogP contribution is 2.24. The van der Waals surface area contributed by atoms with Gasteiger partial charge in [-0.15, -0.1) is 0 Å². The minimum absolute atomic E-state index is 0.382. The number of halogens is 2. The zero-order chi connectivity index (χ0) is 13.7. The van der Waals surface area contributed by atoms with Crippen LogP contribution in [0.1, 0.15) is 11.1 Å². The Morgan fingerprint density at radius 3 is 2.58 bits per heavy atom. The minimum Gasteiger partial charge on any atom is -0.399 e. The second-order valence-electron chi connectivity index (χ2n) is 3.83. The topological polar surface area (TPSA) is 34.5 Å². The van der Waals surface area contributed by atoms with Crippen LogP contribution in [-0.4, -0.2) is 17.8 Å². The Hall–Kier alpha value is -1.58. The zero-order valence-corrected chi connectivity index (χ0v) is 11.8. The first-order valence-electron chi connectivity index (χ1n) is 5.66. The van der Waals surface area contributed by atoms with Crippen molar-refractivity contribution in [3.8, 4) is 0 Å². The van der Waals surface area contributed by atoms with E-state index in [1.165, 1.54) is 7.11 Å². The highest BCUT2D eigenvalue weighted by atomic mass is 35.5. The first-order chi connectivity index (χ1) is 9.22. The van der Waals surface area contributed by atoms with Crippen molar-refractivity contribution in [2.75, 3.05) is 7.11 Å². The zero-order valence-electron chi connectivity index (χ0n) is 10.3. The van der Waals surface area contributed by atoms with Crippen LogP contribution in [0.2, 0.25) is 10.2 Å². The Bertz CT molecular complexity index is 565. The summed E-state index contributed by atoms with van der Waals surface area (Å²) in [5.74, 6) is 0. The average molecular weight is 295 g/mol. The SMILES string of the molecule is CO/N=C(/Cc1c(Cl)ccnc1Cl)c1ccccc1. The van der Waals surface area contributed by atoms with Crippen molar-refractivity contribution >= 4 is 28.9 Å². The fraction of sp³-hybridized carbons (Fsp3) is 0.143. The summed E-state index contributed by atoms with van der Waals surface area (Å²) >= 11 is 12.2. The molecule has 0 amide bonds. The molecule has 98 valence electrons. The van der Waals surface area contributed by atoms with Gasteiger partial charge in [-0.1, -0.05) is 58.7 Å². The molecule has 2 rings (SSSR count). The van der Waals surface area contributed by atoms with Gasteiger partial charge in [-0.05, 0) is 11.6 Å². The van der Waals surface area contributed by atoms with Crippen LogP contribution in [0.3, 0.4) is 0 Å². The molecule has 2 aromatic rings. The van der Waals surface area contributed by atoms with Gasteiger partial charge in [0.15, 0.2) is 0 Å². The molecule has 0 N–H and O–H groups in total. The predicted octanol–water partition coefficient (Wildman–Crippen LogP) is 3.98. The molecule has 0 aliphatic carbocycles. The summed E-state index contributed by atoms with van der Waals surface area (Å²) in [5, 5.41) is 4.99. The molecule has 1 aromatic carbocycles. The Labute approximate surface area is 121 Å². The van der Waals surface area contributed by atoms with Gasteiger partial charge in [0.05, 0.1) is 5.71 Å². The summed E-state index contributed by atoms with van der Waals surface area (Å²) < 4.78 is 0. The highest BCUT2D eigenvalue weighted by molar-refractivity contribution is 6.35. The van der Waals surface area contributed by atoms with E-state index in [1.54, 1.807) is 12.3 Å². The molecular weight excluding hydrogens is 283 g/mol. The van der Waals surface area contributed by atoms with Crippen LogP contribution in [0.25, 0.3) is 0 Å². The van der Waals surface area contributed by atoms with E-state index in [9.17, 15) is 0 Å². The molecule has 0 aliphatic rings. The molecule has 1 aromatic heterocycles. The lowest BCUT2D eigenvalue weighted by Crippen LogP contribution is -2.07. The molecule has 5 heteroatoms. The van der Waals surface area contributed by atoms with Gasteiger partial charge in [-0.3, -0.25) is 0 Å². The maximum absolute atomic E-state index is 6.14. The Morgan fingerprint density at radius 2 is 1.95 bits per heavy atom. The number of hydrogen-bond donors (Lipinski definition) is 0. The monoisotopic (exact) mass is 294 g/mol. The van der Waals surface area contributed by atoms with E-state index in [0.717, 1.165) is 16.8 Å². The Morgan fingerprint density at radius 1 is 1.21 bits per heavy atom. The van der Waals surface area contributed by atoms with E-state index in [0.29, 0.717) is 16.6 Å². The van der Waals surface area contributed by atoms with Crippen molar-refractivity contribution < 1.29 is 4.84 Å². The Balaban J connectivity index is 2.36. The number of benzene rings is 1. The number of hydrogen-bond acceptors (Lipinski definition) is 3. The summed E-state index contributed by atoms with van der Waals surface area (Å²) in [6, 6.07) is 11.4. The number of pyridine rings is 1. The largest absolute Gasteiger partial charge is 0.399 e. The summed E-state index contributed by atoms with van der Waals surface area (Å²) in [4.78, 5) is 8.92. The van der Waals surface area contributed by atoms with E-state index in [-0.39, 0.29) is 0 Å². The van der Waals surface area contributed by atoms with E-state index in [4.69, 9.17) is 28.0 Å². The summed E-state index contributed by atoms with van der Waals surface area (Å²) in [7, 11) is 1.51. The molecule has 0 bridgehead atoms. The molecule has 0 radical (unpaired) electrons. The molecule has 0 unspecified atom stereocenters. The smallest absolute Gasteiger partial charge is 0.134 e. The first-order valence-corrected chi connectivity index (χ1v) is 6.42. The molecule has 0 saturated carbocycles. The predicted molar refractivity (Wildman–Crippen MR) is 77.9 cm³/mol. The van der Waals surface area contributed by atoms with E-state index in [2.05, 4.69) is 10.1 Å². The molecule has 19 heavy (non-hydrogen) atoms. The van der Waals surface area contributed by atoms with Crippen molar-refractivity contribution in [1.82, 2.24) is 4.98 Å². The van der Waals surface area contributed by atoms with Crippen LogP contribution in [0.5, 0.6) is 0 Å². The molecule has 0 aliphatic heterocycles. The van der Waals surface area contributed by atoms with E-state index < -0.39 is 0 Å². The van der Waals surface area contributed by atoms with Gasteiger partial charge < -0.3 is 4.84 Å². The molecule has 0 spiro atoms. The maximum Gasteiger partial charge on any atom is 0.134 e. The third-order valence-electron chi connectivity index (χ3n) is 2.60. The number of oxime groups is 1. The highest BCUT2D eigenvalue weighted by Gasteiger charge is 2.12. The van der Waals surface area contributed by atoms with E-state index >= 15 is 0 Å². The van der Waals surface area contributed by atoms with E-state index in [1.807, 2.05) is 30.3 Å². The minimum atomic E-state index is 0.382. The lowest BCUT2D eigenvalue weighted by Gasteiger charge is -2.08. The van der Waals surface area contributed by atoms with Crippen molar-refractivity contribution in [2.24, 2.45) is 5.16 Å². The van der Waals surface area contributed by atoms with Gasteiger partial charge in [-0.25, -0.2) is 4.98 Å². The number of rotatable bonds is 4. The fourth-order valence-electron chi connectivity index (χ4n) is 1.70. The second-order valence-corrected chi connectivity index (χ2v) is 4.59. The Kier molecular flexibility index (Phi) is 4.77. The lowest BCUT2D eigenvalue weighted by atomic mass is 10.0. The molecule has 0 saturated heterocycles. The molecule has 3 nitrogen and oxygen atoms in total. The third-order valence-corrected chi connectivity index (χ3v) is 3.28. The van der Waals surface area contributed by atoms with Gasteiger partial charge in [0.25, 0.3) is 0 Å². The van der Waals surface area contributed by atoms with Gasteiger partial charge in [-0.2, -0.15) is 0 Å². The van der Waals surface area contributed by atoms with Crippen LogP contribution in [0.4, 0.5) is 0 Å². The molecule has 0 atom stereocenters. The quantitative estimate of drug-likeness (QED) is 0.486.